The van der Waals surface area contributed by atoms with Crippen LogP contribution in [0.2, 0.25) is 0 Å². The van der Waals surface area contributed by atoms with E-state index >= 15 is 0 Å². The average molecular weight is 220 g/mol. The van der Waals surface area contributed by atoms with E-state index in [1.165, 1.54) is 0 Å². The summed E-state index contributed by atoms with van der Waals surface area (Å²) >= 11 is 0. The molecule has 5 atom stereocenters. The molecule has 0 unspecified atom stereocenters. The fourth-order valence-corrected chi connectivity index (χ4v) is 1.82. The van der Waals surface area contributed by atoms with Gasteiger partial charge >= 0.3 is 0 Å². The van der Waals surface area contributed by atoms with Gasteiger partial charge in [-0.1, -0.05) is 19.8 Å². The molecule has 0 spiro atoms. The third-order valence-electron chi connectivity index (χ3n) is 2.83. The zero-order valence-electron chi connectivity index (χ0n) is 8.91. The van der Waals surface area contributed by atoms with Crippen molar-refractivity contribution in [1.82, 2.24) is 0 Å². The highest BCUT2D eigenvalue weighted by molar-refractivity contribution is 4.91. The molecule has 0 saturated carbocycles. The first-order chi connectivity index (χ1) is 7.11. The Morgan fingerprint density at radius 1 is 1.00 bits per heavy atom. The van der Waals surface area contributed by atoms with Crippen LogP contribution in [0, 0.1) is 0 Å². The first-order valence-corrected chi connectivity index (χ1v) is 5.42. The Balaban J connectivity index is 2.57. The number of aliphatic hydroxyl groups is 4. The van der Waals surface area contributed by atoms with Crippen molar-refractivity contribution in [2.45, 2.75) is 56.7 Å². The Labute approximate surface area is 89.3 Å². The molecule has 0 aliphatic carbocycles. The molecule has 0 aromatic heterocycles. The van der Waals surface area contributed by atoms with Crippen molar-refractivity contribution in [3.8, 4) is 0 Å². The van der Waals surface area contributed by atoms with Gasteiger partial charge in [-0.2, -0.15) is 0 Å². The molecule has 0 bridgehead atoms. The highest BCUT2D eigenvalue weighted by Crippen LogP contribution is 2.24. The highest BCUT2D eigenvalue weighted by Gasteiger charge is 2.42. The Bertz CT molecular complexity index is 185. The number of unbranched alkanes of at least 4 members (excludes halogenated alkanes) is 1. The van der Waals surface area contributed by atoms with Crippen LogP contribution < -0.4 is 0 Å². The predicted octanol–water partition coefficient (Wildman–Crippen LogP) is -0.981. The van der Waals surface area contributed by atoms with E-state index in [1.54, 1.807) is 0 Å². The van der Waals surface area contributed by atoms with Gasteiger partial charge in [0, 0.05) is 0 Å². The molecule has 0 radical (unpaired) electrons. The summed E-state index contributed by atoms with van der Waals surface area (Å²) in [6.07, 6.45) is -2.36. The van der Waals surface area contributed by atoms with Crippen LogP contribution in [-0.2, 0) is 4.74 Å². The van der Waals surface area contributed by atoms with Crippen LogP contribution in [0.5, 0.6) is 0 Å². The van der Waals surface area contributed by atoms with E-state index in [-0.39, 0.29) is 6.61 Å². The van der Waals surface area contributed by atoms with Crippen LogP contribution in [0.4, 0.5) is 0 Å². The second kappa shape index (κ2) is 5.77. The maximum atomic E-state index is 9.63. The summed E-state index contributed by atoms with van der Waals surface area (Å²) in [7, 11) is 0. The topological polar surface area (TPSA) is 90.2 Å². The van der Waals surface area contributed by atoms with Gasteiger partial charge in [0.05, 0.1) is 12.7 Å². The molecule has 4 N–H and O–H groups in total. The zero-order valence-corrected chi connectivity index (χ0v) is 8.91. The van der Waals surface area contributed by atoms with Gasteiger partial charge in [-0.25, -0.2) is 0 Å². The number of hydrogen-bond donors (Lipinski definition) is 4. The van der Waals surface area contributed by atoms with Crippen molar-refractivity contribution in [1.29, 1.82) is 0 Å². The maximum absolute atomic E-state index is 9.63. The van der Waals surface area contributed by atoms with Crippen LogP contribution >= 0.6 is 0 Å². The monoisotopic (exact) mass is 220 g/mol. The van der Waals surface area contributed by atoms with E-state index in [0.717, 1.165) is 12.8 Å². The molecular formula is C10H20O5. The third-order valence-corrected chi connectivity index (χ3v) is 2.83. The van der Waals surface area contributed by atoms with Crippen LogP contribution in [-0.4, -0.2) is 57.6 Å². The van der Waals surface area contributed by atoms with E-state index < -0.39 is 30.5 Å². The van der Waals surface area contributed by atoms with E-state index in [9.17, 15) is 15.3 Å². The number of rotatable bonds is 4. The van der Waals surface area contributed by atoms with Crippen molar-refractivity contribution < 1.29 is 25.2 Å². The van der Waals surface area contributed by atoms with Crippen LogP contribution in [0.3, 0.4) is 0 Å². The Kier molecular flexibility index (Phi) is 4.95. The normalized spacial score (nSPS) is 41.8. The van der Waals surface area contributed by atoms with Crippen molar-refractivity contribution >= 4 is 0 Å². The first-order valence-electron chi connectivity index (χ1n) is 5.42. The average Bonchev–Trinajstić information content (AvgIpc) is 2.25. The Morgan fingerprint density at radius 2 is 1.60 bits per heavy atom. The van der Waals surface area contributed by atoms with Crippen molar-refractivity contribution in [2.24, 2.45) is 0 Å². The molecule has 90 valence electrons. The van der Waals surface area contributed by atoms with Crippen molar-refractivity contribution in [3.63, 3.8) is 0 Å². The lowest BCUT2D eigenvalue weighted by Crippen LogP contribution is -2.58. The largest absolute Gasteiger partial charge is 0.394 e. The van der Waals surface area contributed by atoms with Gasteiger partial charge in [0.25, 0.3) is 0 Å². The lowest BCUT2D eigenvalue weighted by atomic mass is 9.92. The molecule has 1 fully saturated rings. The number of aliphatic hydroxyl groups excluding tert-OH is 4. The fraction of sp³-hybridized carbons (Fsp3) is 1.00. The lowest BCUT2D eigenvalue weighted by molar-refractivity contribution is -0.230. The van der Waals surface area contributed by atoms with E-state index in [1.807, 2.05) is 6.92 Å². The summed E-state index contributed by atoms with van der Waals surface area (Å²) in [5.74, 6) is 0. The Morgan fingerprint density at radius 3 is 2.13 bits per heavy atom. The molecule has 0 amide bonds. The third kappa shape index (κ3) is 2.89. The second-order valence-corrected chi connectivity index (χ2v) is 4.01. The maximum Gasteiger partial charge on any atom is 0.111 e. The molecule has 0 aromatic rings. The molecule has 15 heavy (non-hydrogen) atoms. The molecule has 0 aromatic carbocycles. The van der Waals surface area contributed by atoms with Gasteiger partial charge in [0.1, 0.15) is 24.4 Å². The van der Waals surface area contributed by atoms with Crippen LogP contribution in [0.15, 0.2) is 0 Å². The molecule has 1 saturated heterocycles. The fourth-order valence-electron chi connectivity index (χ4n) is 1.82. The van der Waals surface area contributed by atoms with E-state index in [4.69, 9.17) is 9.84 Å². The number of ether oxygens (including phenoxy) is 1. The Hall–Kier alpha value is -0.200. The zero-order chi connectivity index (χ0) is 11.4. The lowest BCUT2D eigenvalue weighted by Gasteiger charge is -2.40. The van der Waals surface area contributed by atoms with Crippen LogP contribution in [0.25, 0.3) is 0 Å². The highest BCUT2D eigenvalue weighted by atomic mass is 16.5. The summed E-state index contributed by atoms with van der Waals surface area (Å²) in [6, 6.07) is 0. The standard InChI is InChI=1S/C10H20O5/c1-2-3-4-6-8(12)10(14)9(13)7(5-11)15-6/h6-14H,2-5H2,1H3/t6-,7-,8-,9-,10-/m1/s1. The quantitative estimate of drug-likeness (QED) is 0.489. The molecule has 1 aliphatic heterocycles. The van der Waals surface area contributed by atoms with Crippen molar-refractivity contribution in [3.05, 3.63) is 0 Å². The second-order valence-electron chi connectivity index (χ2n) is 4.01. The summed E-state index contributed by atoms with van der Waals surface area (Å²) in [4.78, 5) is 0. The smallest absolute Gasteiger partial charge is 0.111 e. The predicted molar refractivity (Wildman–Crippen MR) is 53.3 cm³/mol. The van der Waals surface area contributed by atoms with Gasteiger partial charge in [0.2, 0.25) is 0 Å². The van der Waals surface area contributed by atoms with Gasteiger partial charge in [-0.05, 0) is 6.42 Å². The molecule has 5 nitrogen and oxygen atoms in total. The van der Waals surface area contributed by atoms with Crippen LogP contribution in [0.1, 0.15) is 26.2 Å². The van der Waals surface area contributed by atoms with Gasteiger partial charge < -0.3 is 25.2 Å². The molecular weight excluding hydrogens is 200 g/mol. The summed E-state index contributed by atoms with van der Waals surface area (Å²) in [6.45, 7) is 1.66. The van der Waals surface area contributed by atoms with Gasteiger partial charge in [-0.15, -0.1) is 0 Å². The van der Waals surface area contributed by atoms with Crippen molar-refractivity contribution in [2.75, 3.05) is 6.61 Å². The van der Waals surface area contributed by atoms with E-state index in [2.05, 4.69) is 0 Å². The minimum atomic E-state index is -1.24. The first kappa shape index (κ1) is 12.9. The molecule has 1 rings (SSSR count). The van der Waals surface area contributed by atoms with Gasteiger partial charge in [0.15, 0.2) is 0 Å². The molecule has 5 heteroatoms. The summed E-state index contributed by atoms with van der Waals surface area (Å²) < 4.78 is 5.32. The SMILES string of the molecule is CCCC[C@H]1O[C@H](CO)[C@@H](O)[C@H](O)[C@@H]1O. The minimum Gasteiger partial charge on any atom is -0.394 e. The minimum absolute atomic E-state index is 0.354. The summed E-state index contributed by atoms with van der Waals surface area (Å²) in [5, 5.41) is 37.5. The van der Waals surface area contributed by atoms with E-state index in [0.29, 0.717) is 6.42 Å². The van der Waals surface area contributed by atoms with Gasteiger partial charge in [-0.3, -0.25) is 0 Å². The summed E-state index contributed by atoms with van der Waals surface area (Å²) in [5.41, 5.74) is 0. The number of hydrogen-bond acceptors (Lipinski definition) is 5. The molecule has 1 heterocycles. The molecule has 1 aliphatic rings.